The third-order valence-corrected chi connectivity index (χ3v) is 2.84. The molecule has 1 aliphatic rings. The van der Waals surface area contributed by atoms with Crippen LogP contribution >= 0.6 is 0 Å². The van der Waals surface area contributed by atoms with Gasteiger partial charge in [0.05, 0.1) is 11.8 Å². The van der Waals surface area contributed by atoms with Crippen LogP contribution in [0.5, 0.6) is 0 Å². The average molecular weight is 194 g/mol. The number of aldehydes is 1. The molecule has 1 aliphatic heterocycles. The SMILES string of the molecule is CN1CCC(c2oncc2C=O)CC1. The van der Waals surface area contributed by atoms with Crippen LogP contribution in [0.4, 0.5) is 0 Å². The highest BCUT2D eigenvalue weighted by Crippen LogP contribution is 2.28. The quantitative estimate of drug-likeness (QED) is 0.666. The molecule has 2 heterocycles. The van der Waals surface area contributed by atoms with Gasteiger partial charge in [0.15, 0.2) is 6.29 Å². The first-order valence-corrected chi connectivity index (χ1v) is 4.89. The van der Waals surface area contributed by atoms with Crippen molar-refractivity contribution in [3.05, 3.63) is 17.5 Å². The number of nitrogens with zero attached hydrogens (tertiary/aromatic N) is 2. The summed E-state index contributed by atoms with van der Waals surface area (Å²) in [6.07, 6.45) is 4.42. The Labute approximate surface area is 82.9 Å². The first kappa shape index (κ1) is 9.40. The number of hydrogen-bond donors (Lipinski definition) is 0. The largest absolute Gasteiger partial charge is 0.360 e. The molecule has 0 unspecified atom stereocenters. The van der Waals surface area contributed by atoms with Crippen molar-refractivity contribution in [2.24, 2.45) is 0 Å². The van der Waals surface area contributed by atoms with Crippen molar-refractivity contribution in [2.75, 3.05) is 20.1 Å². The summed E-state index contributed by atoms with van der Waals surface area (Å²) in [6, 6.07) is 0. The lowest BCUT2D eigenvalue weighted by Gasteiger charge is -2.27. The smallest absolute Gasteiger partial charge is 0.155 e. The monoisotopic (exact) mass is 194 g/mol. The van der Waals surface area contributed by atoms with Gasteiger partial charge in [-0.05, 0) is 33.0 Å². The van der Waals surface area contributed by atoms with Gasteiger partial charge in [0.25, 0.3) is 0 Å². The number of rotatable bonds is 2. The Hall–Kier alpha value is -1.16. The van der Waals surface area contributed by atoms with Gasteiger partial charge in [-0.15, -0.1) is 0 Å². The minimum Gasteiger partial charge on any atom is -0.360 e. The van der Waals surface area contributed by atoms with Crippen molar-refractivity contribution < 1.29 is 9.32 Å². The molecule has 0 aliphatic carbocycles. The molecule has 2 rings (SSSR count). The zero-order chi connectivity index (χ0) is 9.97. The maximum Gasteiger partial charge on any atom is 0.155 e. The van der Waals surface area contributed by atoms with E-state index in [1.54, 1.807) is 0 Å². The second-order valence-corrected chi connectivity index (χ2v) is 3.84. The van der Waals surface area contributed by atoms with Gasteiger partial charge in [-0.2, -0.15) is 0 Å². The third kappa shape index (κ3) is 1.70. The first-order valence-electron chi connectivity index (χ1n) is 4.89. The van der Waals surface area contributed by atoms with E-state index < -0.39 is 0 Å². The van der Waals surface area contributed by atoms with Gasteiger partial charge in [-0.3, -0.25) is 4.79 Å². The fourth-order valence-electron chi connectivity index (χ4n) is 1.93. The molecule has 1 fully saturated rings. The summed E-state index contributed by atoms with van der Waals surface area (Å²) in [5.74, 6) is 1.14. The Balaban J connectivity index is 2.11. The number of hydrogen-bond acceptors (Lipinski definition) is 4. The van der Waals surface area contributed by atoms with E-state index in [1.165, 1.54) is 6.20 Å². The summed E-state index contributed by atoms with van der Waals surface area (Å²) in [4.78, 5) is 13.0. The summed E-state index contributed by atoms with van der Waals surface area (Å²) in [6.45, 7) is 2.12. The Bertz CT molecular complexity index is 314. The van der Waals surface area contributed by atoms with Gasteiger partial charge >= 0.3 is 0 Å². The molecule has 14 heavy (non-hydrogen) atoms. The van der Waals surface area contributed by atoms with Crippen LogP contribution in [-0.4, -0.2) is 36.5 Å². The summed E-state index contributed by atoms with van der Waals surface area (Å²) in [7, 11) is 2.11. The van der Waals surface area contributed by atoms with Crippen molar-refractivity contribution in [2.45, 2.75) is 18.8 Å². The summed E-state index contributed by atoms with van der Waals surface area (Å²) < 4.78 is 5.13. The number of carbonyl (C=O) groups excluding carboxylic acids is 1. The lowest BCUT2D eigenvalue weighted by molar-refractivity contribution is 0.111. The lowest BCUT2D eigenvalue weighted by atomic mass is 9.93. The molecule has 0 amide bonds. The Morgan fingerprint density at radius 3 is 2.93 bits per heavy atom. The van der Waals surface area contributed by atoms with Crippen molar-refractivity contribution in [3.63, 3.8) is 0 Å². The fraction of sp³-hybridized carbons (Fsp3) is 0.600. The van der Waals surface area contributed by atoms with E-state index in [0.29, 0.717) is 11.5 Å². The maximum absolute atomic E-state index is 10.7. The van der Waals surface area contributed by atoms with Crippen molar-refractivity contribution in [3.8, 4) is 0 Å². The molecule has 0 radical (unpaired) electrons. The molecule has 0 saturated carbocycles. The molecular weight excluding hydrogens is 180 g/mol. The van der Waals surface area contributed by atoms with E-state index in [9.17, 15) is 4.79 Å². The molecule has 0 aromatic carbocycles. The van der Waals surface area contributed by atoms with Crippen LogP contribution in [0.3, 0.4) is 0 Å². The van der Waals surface area contributed by atoms with E-state index in [0.717, 1.165) is 38.0 Å². The molecule has 4 heteroatoms. The number of piperidine rings is 1. The lowest BCUT2D eigenvalue weighted by Crippen LogP contribution is -2.29. The van der Waals surface area contributed by atoms with Gasteiger partial charge in [0, 0.05) is 5.92 Å². The molecule has 4 nitrogen and oxygen atoms in total. The second kappa shape index (κ2) is 3.92. The van der Waals surface area contributed by atoms with Crippen LogP contribution in [0.2, 0.25) is 0 Å². The Kier molecular flexibility index (Phi) is 2.63. The van der Waals surface area contributed by atoms with Gasteiger partial charge in [-0.25, -0.2) is 0 Å². The molecule has 1 aromatic heterocycles. The van der Waals surface area contributed by atoms with Gasteiger partial charge in [0.1, 0.15) is 5.76 Å². The molecule has 0 N–H and O–H groups in total. The normalized spacial score (nSPS) is 19.8. The van der Waals surface area contributed by atoms with E-state index >= 15 is 0 Å². The van der Waals surface area contributed by atoms with Crippen LogP contribution in [0, 0.1) is 0 Å². The number of likely N-dealkylation sites (tertiary alicyclic amines) is 1. The molecule has 0 atom stereocenters. The number of carbonyl (C=O) groups is 1. The predicted molar refractivity (Wildman–Crippen MR) is 51.4 cm³/mol. The average Bonchev–Trinajstić information content (AvgIpc) is 2.67. The van der Waals surface area contributed by atoms with Crippen molar-refractivity contribution in [1.82, 2.24) is 10.1 Å². The number of aromatic nitrogens is 1. The molecule has 0 bridgehead atoms. The fourth-order valence-corrected chi connectivity index (χ4v) is 1.93. The molecule has 0 spiro atoms. The summed E-state index contributed by atoms with van der Waals surface area (Å²) >= 11 is 0. The highest BCUT2D eigenvalue weighted by atomic mass is 16.5. The summed E-state index contributed by atoms with van der Waals surface area (Å²) in [5, 5.41) is 3.67. The topological polar surface area (TPSA) is 46.3 Å². The molecule has 76 valence electrons. The second-order valence-electron chi connectivity index (χ2n) is 3.84. The van der Waals surface area contributed by atoms with Crippen LogP contribution in [-0.2, 0) is 0 Å². The van der Waals surface area contributed by atoms with E-state index in [-0.39, 0.29) is 0 Å². The maximum atomic E-state index is 10.7. The van der Waals surface area contributed by atoms with Crippen molar-refractivity contribution >= 4 is 6.29 Å². The van der Waals surface area contributed by atoms with Crippen LogP contribution in [0.15, 0.2) is 10.7 Å². The zero-order valence-corrected chi connectivity index (χ0v) is 8.27. The predicted octanol–water partition coefficient (Wildman–Crippen LogP) is 1.30. The van der Waals surface area contributed by atoms with Crippen LogP contribution in [0.1, 0.15) is 34.9 Å². The highest BCUT2D eigenvalue weighted by Gasteiger charge is 2.23. The first-order chi connectivity index (χ1) is 6.81. The van der Waals surface area contributed by atoms with E-state index in [4.69, 9.17) is 4.52 Å². The summed E-state index contributed by atoms with van der Waals surface area (Å²) in [5.41, 5.74) is 0.611. The van der Waals surface area contributed by atoms with Gasteiger partial charge < -0.3 is 9.42 Å². The Morgan fingerprint density at radius 2 is 2.29 bits per heavy atom. The minimum absolute atomic E-state index is 0.369. The molecule has 1 saturated heterocycles. The van der Waals surface area contributed by atoms with Crippen molar-refractivity contribution in [1.29, 1.82) is 0 Å². The molecular formula is C10H14N2O2. The highest BCUT2D eigenvalue weighted by molar-refractivity contribution is 5.75. The van der Waals surface area contributed by atoms with E-state index in [1.807, 2.05) is 0 Å². The van der Waals surface area contributed by atoms with Crippen LogP contribution < -0.4 is 0 Å². The van der Waals surface area contributed by atoms with Gasteiger partial charge in [0.2, 0.25) is 0 Å². The van der Waals surface area contributed by atoms with Gasteiger partial charge in [-0.1, -0.05) is 5.16 Å². The zero-order valence-electron chi connectivity index (χ0n) is 8.27. The molecule has 1 aromatic rings. The van der Waals surface area contributed by atoms with Crippen LogP contribution in [0.25, 0.3) is 0 Å². The Morgan fingerprint density at radius 1 is 1.57 bits per heavy atom. The minimum atomic E-state index is 0.369. The van der Waals surface area contributed by atoms with E-state index in [2.05, 4.69) is 17.1 Å². The standard InChI is InChI=1S/C10H14N2O2/c1-12-4-2-8(3-5-12)10-9(7-13)6-11-14-10/h6-8H,2-5H2,1H3. The third-order valence-electron chi connectivity index (χ3n) is 2.84.